The molecule has 0 aliphatic rings. The number of primary amides is 1. The van der Waals surface area contributed by atoms with Crippen LogP contribution in [0.4, 0.5) is 0 Å². The van der Waals surface area contributed by atoms with Crippen LogP contribution in [0.3, 0.4) is 0 Å². The number of nitrogens with two attached hydrogens (primary N) is 1. The summed E-state index contributed by atoms with van der Waals surface area (Å²) in [5.41, 5.74) is 8.12. The highest BCUT2D eigenvalue weighted by molar-refractivity contribution is 7.89. The van der Waals surface area contributed by atoms with Crippen molar-refractivity contribution in [2.75, 3.05) is 13.1 Å². The number of carbonyl (C=O) groups excluding carboxylic acids is 1. The number of hydrogen-bond donors (Lipinski definition) is 2. The maximum absolute atomic E-state index is 13.1. The fourth-order valence-corrected chi connectivity index (χ4v) is 5.43. The number of aromatic nitrogens is 1. The number of aryl methyl sites for hydroxylation is 1. The third kappa shape index (κ3) is 4.25. The highest BCUT2D eigenvalue weighted by atomic mass is 32.2. The zero-order chi connectivity index (χ0) is 22.9. The number of rotatable bonds is 8. The lowest BCUT2D eigenvalue weighted by Crippen LogP contribution is -2.43. The number of carbonyl (C=O) groups is 1. The molecule has 8 heteroatoms. The summed E-state index contributed by atoms with van der Waals surface area (Å²) in [5.74, 6) is -0.787. The lowest BCUT2D eigenvalue weighted by atomic mass is 10.2. The Hall–Kier alpha value is -3.20. The number of sulfonamides is 1. The van der Waals surface area contributed by atoms with Crippen molar-refractivity contribution in [2.45, 2.75) is 24.5 Å². The Kier molecular flexibility index (Phi) is 6.01. The van der Waals surface area contributed by atoms with Crippen LogP contribution in [0.25, 0.3) is 21.8 Å². The number of fused-ring (bicyclic) bond motifs is 3. The van der Waals surface area contributed by atoms with Crippen LogP contribution in [-0.4, -0.2) is 47.5 Å². The molecule has 166 valence electrons. The monoisotopic (exact) mass is 451 g/mol. The average molecular weight is 452 g/mol. The van der Waals surface area contributed by atoms with Gasteiger partial charge in [-0.2, -0.15) is 4.31 Å². The highest BCUT2D eigenvalue weighted by Gasteiger charge is 2.28. The Bertz CT molecular complexity index is 1320. The van der Waals surface area contributed by atoms with Crippen LogP contribution in [0.2, 0.25) is 0 Å². The molecule has 7 nitrogen and oxygen atoms in total. The molecule has 0 aliphatic carbocycles. The lowest BCUT2D eigenvalue weighted by molar-refractivity contribution is -0.118. The summed E-state index contributed by atoms with van der Waals surface area (Å²) in [6.45, 7) is 1.24. The minimum Gasteiger partial charge on any atom is -0.390 e. The van der Waals surface area contributed by atoms with Gasteiger partial charge in [-0.25, -0.2) is 8.42 Å². The molecule has 0 bridgehead atoms. The Balaban J connectivity index is 1.65. The number of nitrogens with zero attached hydrogens (tertiary/aromatic N) is 2. The van der Waals surface area contributed by atoms with Crippen LogP contribution in [0.5, 0.6) is 0 Å². The predicted octanol–water partition coefficient (Wildman–Crippen LogP) is 2.64. The molecule has 3 N–H and O–H groups in total. The summed E-state index contributed by atoms with van der Waals surface area (Å²) < 4.78 is 29.2. The van der Waals surface area contributed by atoms with Crippen molar-refractivity contribution in [1.29, 1.82) is 0 Å². The minimum atomic E-state index is -4.01. The van der Waals surface area contributed by atoms with Gasteiger partial charge in [0, 0.05) is 28.4 Å². The smallest absolute Gasteiger partial charge is 0.243 e. The van der Waals surface area contributed by atoms with E-state index in [4.69, 9.17) is 5.73 Å². The van der Waals surface area contributed by atoms with E-state index in [1.807, 2.05) is 60.0 Å². The van der Waals surface area contributed by atoms with Crippen LogP contribution in [-0.2, 0) is 21.4 Å². The first kappa shape index (κ1) is 22.0. The maximum Gasteiger partial charge on any atom is 0.243 e. The second-order valence-electron chi connectivity index (χ2n) is 7.88. The Morgan fingerprint density at radius 1 is 0.969 bits per heavy atom. The highest BCUT2D eigenvalue weighted by Crippen LogP contribution is 2.29. The van der Waals surface area contributed by atoms with Crippen molar-refractivity contribution in [3.05, 3.63) is 78.4 Å². The number of benzene rings is 3. The van der Waals surface area contributed by atoms with Crippen LogP contribution in [0.15, 0.2) is 77.7 Å². The molecule has 0 fully saturated rings. The van der Waals surface area contributed by atoms with Crippen molar-refractivity contribution in [1.82, 2.24) is 8.87 Å². The zero-order valence-electron chi connectivity index (χ0n) is 17.7. The molecule has 3 aromatic carbocycles. The molecule has 32 heavy (non-hydrogen) atoms. The molecule has 1 heterocycles. The van der Waals surface area contributed by atoms with E-state index >= 15 is 0 Å². The largest absolute Gasteiger partial charge is 0.390 e. The Labute approximate surface area is 186 Å². The van der Waals surface area contributed by atoms with Gasteiger partial charge in [0.1, 0.15) is 0 Å². The van der Waals surface area contributed by atoms with Crippen LogP contribution in [0, 0.1) is 6.92 Å². The molecule has 0 spiro atoms. The first-order valence-electron chi connectivity index (χ1n) is 10.3. The normalized spacial score (nSPS) is 13.1. The molecule has 0 aliphatic heterocycles. The van der Waals surface area contributed by atoms with Gasteiger partial charge in [0.05, 0.1) is 24.1 Å². The Morgan fingerprint density at radius 2 is 1.50 bits per heavy atom. The first-order valence-corrected chi connectivity index (χ1v) is 11.7. The summed E-state index contributed by atoms with van der Waals surface area (Å²) in [4.78, 5) is 11.7. The average Bonchev–Trinajstić information content (AvgIpc) is 3.07. The number of aliphatic hydroxyl groups excluding tert-OH is 1. The van der Waals surface area contributed by atoms with E-state index in [2.05, 4.69) is 0 Å². The number of amides is 1. The van der Waals surface area contributed by atoms with Gasteiger partial charge in [-0.3, -0.25) is 4.79 Å². The summed E-state index contributed by atoms with van der Waals surface area (Å²) in [6.07, 6.45) is -1.06. The maximum atomic E-state index is 13.1. The van der Waals surface area contributed by atoms with Gasteiger partial charge < -0.3 is 15.4 Å². The molecular formula is C24H25N3O4S. The molecule has 1 unspecified atom stereocenters. The number of aliphatic hydroxyl groups is 1. The summed E-state index contributed by atoms with van der Waals surface area (Å²) in [6, 6.07) is 22.1. The van der Waals surface area contributed by atoms with Crippen molar-refractivity contribution in [2.24, 2.45) is 5.73 Å². The third-order valence-electron chi connectivity index (χ3n) is 5.48. The van der Waals surface area contributed by atoms with E-state index in [1.165, 1.54) is 12.1 Å². The quantitative estimate of drug-likeness (QED) is 0.430. The molecule has 4 aromatic rings. The summed E-state index contributed by atoms with van der Waals surface area (Å²) >= 11 is 0. The van der Waals surface area contributed by atoms with Gasteiger partial charge in [-0.05, 0) is 31.2 Å². The molecule has 1 atom stereocenters. The summed E-state index contributed by atoms with van der Waals surface area (Å²) in [7, 11) is -4.01. The number of para-hydroxylation sites is 2. The second-order valence-corrected chi connectivity index (χ2v) is 9.81. The molecule has 4 rings (SSSR count). The van der Waals surface area contributed by atoms with E-state index < -0.39 is 28.6 Å². The topological polar surface area (TPSA) is 106 Å². The van der Waals surface area contributed by atoms with Gasteiger partial charge >= 0.3 is 0 Å². The molecular weight excluding hydrogens is 426 g/mol. The molecule has 0 radical (unpaired) electrons. The van der Waals surface area contributed by atoms with Gasteiger partial charge in [-0.1, -0.05) is 54.1 Å². The van der Waals surface area contributed by atoms with Crippen LogP contribution in [0.1, 0.15) is 5.56 Å². The van der Waals surface area contributed by atoms with Gasteiger partial charge in [0.15, 0.2) is 0 Å². The molecule has 0 saturated heterocycles. The molecule has 1 aromatic heterocycles. The lowest BCUT2D eigenvalue weighted by Gasteiger charge is -2.24. The van der Waals surface area contributed by atoms with E-state index in [1.54, 1.807) is 12.1 Å². The SMILES string of the molecule is Cc1ccc(S(=O)(=O)N(CC(N)=O)CC(O)Cn2c3ccccc3c3ccccc32)cc1. The van der Waals surface area contributed by atoms with E-state index in [9.17, 15) is 18.3 Å². The van der Waals surface area contributed by atoms with Gasteiger partial charge in [-0.15, -0.1) is 0 Å². The minimum absolute atomic E-state index is 0.0495. The molecule has 1 amide bonds. The van der Waals surface area contributed by atoms with Crippen molar-refractivity contribution in [3.63, 3.8) is 0 Å². The second kappa shape index (κ2) is 8.74. The van der Waals surface area contributed by atoms with Crippen molar-refractivity contribution < 1.29 is 18.3 Å². The fourth-order valence-electron chi connectivity index (χ4n) is 3.98. The third-order valence-corrected chi connectivity index (χ3v) is 7.30. The Morgan fingerprint density at radius 3 is 2.03 bits per heavy atom. The van der Waals surface area contributed by atoms with Crippen LogP contribution >= 0.6 is 0 Å². The standard InChI is InChI=1S/C24H25N3O4S/c1-17-10-12-19(13-11-17)32(30,31)26(16-24(25)29)14-18(28)15-27-22-8-4-2-6-20(22)21-7-3-5-9-23(21)27/h2-13,18,28H,14-16H2,1H3,(H2,25,29). The van der Waals surface area contributed by atoms with Crippen LogP contribution < -0.4 is 5.73 Å². The van der Waals surface area contributed by atoms with E-state index in [-0.39, 0.29) is 18.0 Å². The van der Waals surface area contributed by atoms with Gasteiger partial charge in [0.25, 0.3) is 0 Å². The van der Waals surface area contributed by atoms with Crippen molar-refractivity contribution >= 4 is 37.7 Å². The van der Waals surface area contributed by atoms with E-state index in [0.717, 1.165) is 31.7 Å². The molecule has 0 saturated carbocycles. The fraction of sp³-hybridized carbons (Fsp3) is 0.208. The summed E-state index contributed by atoms with van der Waals surface area (Å²) in [5, 5.41) is 13.0. The van der Waals surface area contributed by atoms with Gasteiger partial charge in [0.2, 0.25) is 15.9 Å². The zero-order valence-corrected chi connectivity index (χ0v) is 18.5. The number of hydrogen-bond acceptors (Lipinski definition) is 4. The van der Waals surface area contributed by atoms with E-state index in [0.29, 0.717) is 0 Å². The predicted molar refractivity (Wildman–Crippen MR) is 125 cm³/mol. The van der Waals surface area contributed by atoms with Crippen molar-refractivity contribution in [3.8, 4) is 0 Å². The first-order chi connectivity index (χ1) is 15.3.